The van der Waals surface area contributed by atoms with Crippen molar-refractivity contribution in [3.63, 3.8) is 0 Å². The first-order chi connectivity index (χ1) is 7.47. The Morgan fingerprint density at radius 3 is 2.38 bits per heavy atom. The lowest BCUT2D eigenvalue weighted by molar-refractivity contribution is -0.384. The average molecular weight is 223 g/mol. The van der Waals surface area contributed by atoms with Gasteiger partial charge >= 0.3 is 5.97 Å². The van der Waals surface area contributed by atoms with Crippen LogP contribution in [-0.2, 0) is 4.74 Å². The highest BCUT2D eigenvalue weighted by molar-refractivity contribution is 6.05. The molecule has 0 fully saturated rings. The minimum Gasteiger partial charge on any atom is -0.465 e. The minimum atomic E-state index is -0.770. The number of hydrogen-bond donors (Lipinski definition) is 0. The lowest BCUT2D eigenvalue weighted by atomic mass is 10.0. The van der Waals surface area contributed by atoms with Gasteiger partial charge in [-0.25, -0.2) is 4.79 Å². The van der Waals surface area contributed by atoms with E-state index < -0.39 is 10.9 Å². The van der Waals surface area contributed by atoms with E-state index in [0.29, 0.717) is 0 Å². The Bertz CT molecular complexity index is 466. The van der Waals surface area contributed by atoms with Crippen molar-refractivity contribution in [1.82, 2.24) is 0 Å². The molecule has 6 nitrogen and oxygen atoms in total. The van der Waals surface area contributed by atoms with Crippen LogP contribution in [0.4, 0.5) is 5.69 Å². The monoisotopic (exact) mass is 223 g/mol. The van der Waals surface area contributed by atoms with Crippen LogP contribution in [-0.4, -0.2) is 23.8 Å². The number of nitro groups is 1. The van der Waals surface area contributed by atoms with Crippen LogP contribution in [0.1, 0.15) is 27.6 Å². The van der Waals surface area contributed by atoms with Crippen molar-refractivity contribution >= 4 is 17.4 Å². The molecule has 0 unspecified atom stereocenters. The number of nitrogens with zero attached hydrogens (tertiary/aromatic N) is 1. The average Bonchev–Trinajstić information content (AvgIpc) is 2.26. The number of ketones is 1. The van der Waals surface area contributed by atoms with Crippen LogP contribution in [0.2, 0.25) is 0 Å². The van der Waals surface area contributed by atoms with E-state index in [-0.39, 0.29) is 22.6 Å². The van der Waals surface area contributed by atoms with E-state index in [1.165, 1.54) is 19.1 Å². The smallest absolute Gasteiger partial charge is 0.338 e. The second kappa shape index (κ2) is 4.52. The third-order valence-corrected chi connectivity index (χ3v) is 2.00. The molecule has 0 aliphatic heterocycles. The predicted octanol–water partition coefficient (Wildman–Crippen LogP) is 1.58. The van der Waals surface area contributed by atoms with Crippen molar-refractivity contribution in [3.8, 4) is 0 Å². The molecule has 0 spiro atoms. The molecule has 0 bridgehead atoms. The molecule has 1 aromatic carbocycles. The predicted molar refractivity (Wildman–Crippen MR) is 54.4 cm³/mol. The molecule has 16 heavy (non-hydrogen) atoms. The topological polar surface area (TPSA) is 86.5 Å². The zero-order valence-electron chi connectivity index (χ0n) is 8.72. The molecule has 0 aliphatic carbocycles. The lowest BCUT2D eigenvalue weighted by Gasteiger charge is -2.04. The fraction of sp³-hybridized carbons (Fsp3) is 0.200. The summed E-state index contributed by atoms with van der Waals surface area (Å²) in [6, 6.07) is 3.44. The van der Waals surface area contributed by atoms with Crippen molar-refractivity contribution in [3.05, 3.63) is 39.4 Å². The highest BCUT2D eigenvalue weighted by atomic mass is 16.6. The van der Waals surface area contributed by atoms with E-state index in [4.69, 9.17) is 0 Å². The van der Waals surface area contributed by atoms with Crippen LogP contribution < -0.4 is 0 Å². The van der Waals surface area contributed by atoms with Gasteiger partial charge in [0.1, 0.15) is 0 Å². The van der Waals surface area contributed by atoms with Gasteiger partial charge in [0.05, 0.1) is 17.6 Å². The lowest BCUT2D eigenvalue weighted by Crippen LogP contribution is -2.09. The van der Waals surface area contributed by atoms with Crippen LogP contribution in [0.3, 0.4) is 0 Å². The van der Waals surface area contributed by atoms with Gasteiger partial charge in [-0.3, -0.25) is 14.9 Å². The summed E-state index contributed by atoms with van der Waals surface area (Å²) in [6.07, 6.45) is 0. The number of benzene rings is 1. The minimum absolute atomic E-state index is 0.0933. The van der Waals surface area contributed by atoms with E-state index >= 15 is 0 Å². The van der Waals surface area contributed by atoms with Crippen molar-refractivity contribution in [1.29, 1.82) is 0 Å². The number of hydrogen-bond acceptors (Lipinski definition) is 5. The largest absolute Gasteiger partial charge is 0.465 e. The Labute approximate surface area is 91.0 Å². The molecule has 0 heterocycles. The van der Waals surface area contributed by atoms with E-state index in [2.05, 4.69) is 4.74 Å². The van der Waals surface area contributed by atoms with E-state index in [0.717, 1.165) is 13.2 Å². The third-order valence-electron chi connectivity index (χ3n) is 2.00. The van der Waals surface area contributed by atoms with Gasteiger partial charge in [-0.05, 0) is 13.0 Å². The van der Waals surface area contributed by atoms with E-state index in [1.807, 2.05) is 0 Å². The van der Waals surface area contributed by atoms with Crippen molar-refractivity contribution in [2.24, 2.45) is 0 Å². The summed E-state index contributed by atoms with van der Waals surface area (Å²) in [6.45, 7) is 1.27. The van der Waals surface area contributed by atoms with Crippen molar-refractivity contribution < 1.29 is 19.2 Å². The molecule has 0 atom stereocenters. The summed E-state index contributed by atoms with van der Waals surface area (Å²) in [5.41, 5.74) is -0.243. The maximum atomic E-state index is 11.3. The third kappa shape index (κ3) is 2.22. The first-order valence-corrected chi connectivity index (χ1v) is 4.35. The van der Waals surface area contributed by atoms with E-state index in [9.17, 15) is 19.7 Å². The summed E-state index contributed by atoms with van der Waals surface area (Å²) >= 11 is 0. The number of Topliss-reactive ketones (excluding diaryl/α,β-unsaturated/α-hetero) is 1. The molecule has 0 radical (unpaired) electrons. The molecular weight excluding hydrogens is 214 g/mol. The number of carbonyl (C=O) groups is 2. The SMILES string of the molecule is COC(=O)c1cc([N+](=O)[O-])ccc1C(C)=O. The maximum absolute atomic E-state index is 11.3. The Kier molecular flexibility index (Phi) is 3.34. The molecule has 0 amide bonds. The Balaban J connectivity index is 3.38. The zero-order chi connectivity index (χ0) is 12.3. The Morgan fingerprint density at radius 2 is 1.94 bits per heavy atom. The normalized spacial score (nSPS) is 9.62. The van der Waals surface area contributed by atoms with Gasteiger partial charge in [0, 0.05) is 17.7 Å². The fourth-order valence-corrected chi connectivity index (χ4v) is 1.23. The zero-order valence-corrected chi connectivity index (χ0v) is 8.72. The first kappa shape index (κ1) is 11.8. The highest BCUT2D eigenvalue weighted by Crippen LogP contribution is 2.19. The van der Waals surface area contributed by atoms with E-state index in [1.54, 1.807) is 0 Å². The molecule has 1 aromatic rings. The molecule has 6 heteroatoms. The Morgan fingerprint density at radius 1 is 1.31 bits per heavy atom. The molecule has 1 rings (SSSR count). The van der Waals surface area contributed by atoms with Crippen LogP contribution in [0.15, 0.2) is 18.2 Å². The van der Waals surface area contributed by atoms with Gasteiger partial charge in [0.25, 0.3) is 5.69 Å². The summed E-state index contributed by atoms with van der Waals surface area (Å²) in [5, 5.41) is 10.5. The van der Waals surface area contributed by atoms with Crippen LogP contribution in [0.5, 0.6) is 0 Å². The van der Waals surface area contributed by atoms with Crippen molar-refractivity contribution in [2.75, 3.05) is 7.11 Å². The molecule has 84 valence electrons. The van der Waals surface area contributed by atoms with Crippen LogP contribution >= 0.6 is 0 Å². The molecule has 0 saturated carbocycles. The van der Waals surface area contributed by atoms with Gasteiger partial charge in [-0.15, -0.1) is 0 Å². The summed E-state index contributed by atoms with van der Waals surface area (Å²) in [5.74, 6) is -1.12. The first-order valence-electron chi connectivity index (χ1n) is 4.35. The van der Waals surface area contributed by atoms with Gasteiger partial charge in [0.15, 0.2) is 5.78 Å². The van der Waals surface area contributed by atoms with Gasteiger partial charge in [-0.2, -0.15) is 0 Å². The highest BCUT2D eigenvalue weighted by Gasteiger charge is 2.19. The molecule has 0 aliphatic rings. The number of carbonyl (C=O) groups excluding carboxylic acids is 2. The van der Waals surface area contributed by atoms with Gasteiger partial charge < -0.3 is 4.74 Å². The van der Waals surface area contributed by atoms with Crippen LogP contribution in [0.25, 0.3) is 0 Å². The number of ether oxygens (including phenoxy) is 1. The summed E-state index contributed by atoms with van der Waals surface area (Å²) < 4.78 is 4.45. The quantitative estimate of drug-likeness (QED) is 0.336. The van der Waals surface area contributed by atoms with Crippen LogP contribution in [0, 0.1) is 10.1 Å². The summed E-state index contributed by atoms with van der Waals surface area (Å²) in [4.78, 5) is 32.4. The van der Waals surface area contributed by atoms with Gasteiger partial charge in [-0.1, -0.05) is 0 Å². The molecule has 0 saturated heterocycles. The second-order valence-electron chi connectivity index (χ2n) is 3.03. The number of rotatable bonds is 3. The molecule has 0 aromatic heterocycles. The number of methoxy groups -OCH3 is 1. The van der Waals surface area contributed by atoms with Crippen molar-refractivity contribution in [2.45, 2.75) is 6.92 Å². The van der Waals surface area contributed by atoms with Gasteiger partial charge in [0.2, 0.25) is 0 Å². The number of non-ortho nitro benzene ring substituents is 1. The number of esters is 1. The number of nitro benzene ring substituents is 1. The standard InChI is InChI=1S/C10H9NO5/c1-6(12)8-4-3-7(11(14)15)5-9(8)10(13)16-2/h3-5H,1-2H3. The molecular formula is C10H9NO5. The second-order valence-corrected chi connectivity index (χ2v) is 3.03. The maximum Gasteiger partial charge on any atom is 0.338 e. The Hall–Kier alpha value is -2.24. The fourth-order valence-electron chi connectivity index (χ4n) is 1.23. The molecule has 0 N–H and O–H groups in total. The summed E-state index contributed by atoms with van der Waals surface area (Å²) in [7, 11) is 1.14.